The van der Waals surface area contributed by atoms with E-state index >= 15 is 0 Å². The standard InChI is InChI=1S/C16H21NO4/c1-19-13-7-5-12(6-8-13)16(10-21-11-16)17-9-3-4-14(17)15(18)20-2/h5-8,14H,3-4,9-11H2,1-2H3/t14-/m1/s1. The molecule has 21 heavy (non-hydrogen) atoms. The summed E-state index contributed by atoms with van der Waals surface area (Å²) >= 11 is 0. The van der Waals surface area contributed by atoms with E-state index in [-0.39, 0.29) is 17.6 Å². The molecule has 2 saturated heterocycles. The van der Waals surface area contributed by atoms with Crippen molar-refractivity contribution in [2.24, 2.45) is 0 Å². The maximum atomic E-state index is 12.0. The number of benzene rings is 1. The number of rotatable bonds is 4. The number of hydrogen-bond donors (Lipinski definition) is 0. The first-order chi connectivity index (χ1) is 10.2. The summed E-state index contributed by atoms with van der Waals surface area (Å²) in [6, 6.07) is 7.88. The Kier molecular flexibility index (Phi) is 3.87. The van der Waals surface area contributed by atoms with Gasteiger partial charge in [0.2, 0.25) is 0 Å². The van der Waals surface area contributed by atoms with Gasteiger partial charge in [-0.1, -0.05) is 12.1 Å². The molecule has 0 N–H and O–H groups in total. The van der Waals surface area contributed by atoms with Crippen LogP contribution >= 0.6 is 0 Å². The normalized spacial score (nSPS) is 24.4. The van der Waals surface area contributed by atoms with Gasteiger partial charge in [0, 0.05) is 6.54 Å². The van der Waals surface area contributed by atoms with Gasteiger partial charge in [-0.15, -0.1) is 0 Å². The summed E-state index contributed by atoms with van der Waals surface area (Å²) < 4.78 is 15.7. The first kappa shape index (κ1) is 14.4. The summed E-state index contributed by atoms with van der Waals surface area (Å²) in [5, 5.41) is 0. The first-order valence-corrected chi connectivity index (χ1v) is 7.28. The van der Waals surface area contributed by atoms with Crippen molar-refractivity contribution in [2.45, 2.75) is 24.4 Å². The first-order valence-electron chi connectivity index (χ1n) is 7.28. The van der Waals surface area contributed by atoms with E-state index in [4.69, 9.17) is 14.2 Å². The molecule has 0 saturated carbocycles. The summed E-state index contributed by atoms with van der Waals surface area (Å²) in [6.45, 7) is 2.13. The summed E-state index contributed by atoms with van der Waals surface area (Å²) in [4.78, 5) is 14.3. The number of hydrogen-bond acceptors (Lipinski definition) is 5. The van der Waals surface area contributed by atoms with Crippen LogP contribution in [0.3, 0.4) is 0 Å². The van der Waals surface area contributed by atoms with Crippen LogP contribution in [0.2, 0.25) is 0 Å². The molecule has 1 aromatic carbocycles. The van der Waals surface area contributed by atoms with Crippen LogP contribution in [0.25, 0.3) is 0 Å². The van der Waals surface area contributed by atoms with Crippen LogP contribution in [0.4, 0.5) is 0 Å². The number of carbonyl (C=O) groups is 1. The lowest BCUT2D eigenvalue weighted by atomic mass is 9.85. The molecule has 0 aliphatic carbocycles. The highest BCUT2D eigenvalue weighted by atomic mass is 16.5. The minimum atomic E-state index is -0.207. The highest BCUT2D eigenvalue weighted by molar-refractivity contribution is 5.76. The Balaban J connectivity index is 1.90. The van der Waals surface area contributed by atoms with E-state index in [0.717, 1.165) is 25.1 Å². The fourth-order valence-corrected chi connectivity index (χ4v) is 3.36. The maximum Gasteiger partial charge on any atom is 0.323 e. The van der Waals surface area contributed by atoms with Crippen molar-refractivity contribution in [1.82, 2.24) is 4.90 Å². The molecule has 0 unspecified atom stereocenters. The summed E-state index contributed by atoms with van der Waals surface area (Å²) in [7, 11) is 3.11. The van der Waals surface area contributed by atoms with Gasteiger partial charge >= 0.3 is 5.97 Å². The van der Waals surface area contributed by atoms with Gasteiger partial charge in [0.1, 0.15) is 11.8 Å². The fraction of sp³-hybridized carbons (Fsp3) is 0.562. The molecule has 2 fully saturated rings. The summed E-state index contributed by atoms with van der Waals surface area (Å²) in [5.74, 6) is 0.687. The zero-order valence-electron chi connectivity index (χ0n) is 12.5. The van der Waals surface area contributed by atoms with Gasteiger partial charge in [-0.3, -0.25) is 9.69 Å². The lowest BCUT2D eigenvalue weighted by Crippen LogP contribution is -2.62. The van der Waals surface area contributed by atoms with Crippen molar-refractivity contribution in [1.29, 1.82) is 0 Å². The van der Waals surface area contributed by atoms with Crippen LogP contribution in [-0.4, -0.2) is 50.9 Å². The molecule has 114 valence electrons. The lowest BCUT2D eigenvalue weighted by molar-refractivity contribution is -0.170. The van der Waals surface area contributed by atoms with Crippen molar-refractivity contribution >= 4 is 5.97 Å². The zero-order valence-corrected chi connectivity index (χ0v) is 12.5. The topological polar surface area (TPSA) is 48.0 Å². The van der Waals surface area contributed by atoms with Crippen LogP contribution in [0.1, 0.15) is 18.4 Å². The Labute approximate surface area is 124 Å². The lowest BCUT2D eigenvalue weighted by Gasteiger charge is -2.50. The van der Waals surface area contributed by atoms with Crippen LogP contribution < -0.4 is 4.74 Å². The minimum absolute atomic E-state index is 0.146. The molecule has 5 heteroatoms. The molecule has 5 nitrogen and oxygen atoms in total. The van der Waals surface area contributed by atoms with Crippen LogP contribution in [0.15, 0.2) is 24.3 Å². The van der Waals surface area contributed by atoms with Crippen molar-refractivity contribution in [3.05, 3.63) is 29.8 Å². The molecular formula is C16H21NO4. The third-order valence-corrected chi connectivity index (χ3v) is 4.58. The van der Waals surface area contributed by atoms with Crippen LogP contribution in [-0.2, 0) is 19.8 Å². The highest BCUT2D eigenvalue weighted by Gasteiger charge is 2.51. The van der Waals surface area contributed by atoms with Gasteiger partial charge in [-0.05, 0) is 30.5 Å². The molecule has 0 amide bonds. The Morgan fingerprint density at radius 2 is 2.00 bits per heavy atom. The Bertz CT molecular complexity index is 510. The Morgan fingerprint density at radius 1 is 1.29 bits per heavy atom. The van der Waals surface area contributed by atoms with E-state index in [0.29, 0.717) is 13.2 Å². The molecule has 0 aromatic heterocycles. The third kappa shape index (κ3) is 2.30. The molecule has 0 spiro atoms. The zero-order chi connectivity index (χ0) is 14.9. The van der Waals surface area contributed by atoms with Gasteiger partial charge < -0.3 is 14.2 Å². The largest absolute Gasteiger partial charge is 0.497 e. The highest BCUT2D eigenvalue weighted by Crippen LogP contribution is 2.41. The monoisotopic (exact) mass is 291 g/mol. The third-order valence-electron chi connectivity index (χ3n) is 4.58. The number of esters is 1. The number of nitrogens with zero attached hydrogens (tertiary/aromatic N) is 1. The Hall–Kier alpha value is -1.59. The molecule has 2 aliphatic rings. The molecule has 1 atom stereocenters. The second-order valence-electron chi connectivity index (χ2n) is 5.63. The van der Waals surface area contributed by atoms with Crippen molar-refractivity contribution in [3.8, 4) is 5.75 Å². The van der Waals surface area contributed by atoms with E-state index < -0.39 is 0 Å². The van der Waals surface area contributed by atoms with Gasteiger partial charge in [0.15, 0.2) is 0 Å². The number of methoxy groups -OCH3 is 2. The molecular weight excluding hydrogens is 270 g/mol. The minimum Gasteiger partial charge on any atom is -0.497 e. The molecule has 0 bridgehead atoms. The second-order valence-corrected chi connectivity index (χ2v) is 5.63. The average Bonchev–Trinajstić information content (AvgIpc) is 2.96. The van der Waals surface area contributed by atoms with Gasteiger partial charge in [0.05, 0.1) is 33.0 Å². The summed E-state index contributed by atoms with van der Waals surface area (Å²) in [6.07, 6.45) is 1.86. The predicted octanol–water partition coefficient (Wildman–Crippen LogP) is 1.56. The maximum absolute atomic E-state index is 12.0. The SMILES string of the molecule is COC(=O)[C@H]1CCCN1C1(c2ccc(OC)cc2)COC1. The molecule has 0 radical (unpaired) electrons. The van der Waals surface area contributed by atoms with Crippen LogP contribution in [0, 0.1) is 0 Å². The average molecular weight is 291 g/mol. The number of likely N-dealkylation sites (tertiary alicyclic amines) is 1. The van der Waals surface area contributed by atoms with Crippen molar-refractivity contribution in [2.75, 3.05) is 34.0 Å². The smallest absolute Gasteiger partial charge is 0.323 e. The van der Waals surface area contributed by atoms with Gasteiger partial charge in [0.25, 0.3) is 0 Å². The number of carbonyl (C=O) groups excluding carboxylic acids is 1. The molecule has 2 aliphatic heterocycles. The predicted molar refractivity (Wildman–Crippen MR) is 77.2 cm³/mol. The fourth-order valence-electron chi connectivity index (χ4n) is 3.36. The van der Waals surface area contributed by atoms with E-state index in [1.807, 2.05) is 12.1 Å². The van der Waals surface area contributed by atoms with Crippen LogP contribution in [0.5, 0.6) is 5.75 Å². The molecule has 1 aromatic rings. The molecule has 3 rings (SSSR count). The van der Waals surface area contributed by atoms with E-state index in [9.17, 15) is 4.79 Å². The molecule has 2 heterocycles. The summed E-state index contributed by atoms with van der Waals surface area (Å²) in [5.41, 5.74) is 0.965. The van der Waals surface area contributed by atoms with E-state index in [1.165, 1.54) is 12.7 Å². The van der Waals surface area contributed by atoms with Gasteiger partial charge in [-0.25, -0.2) is 0 Å². The quantitative estimate of drug-likeness (QED) is 0.788. The van der Waals surface area contributed by atoms with Crippen molar-refractivity contribution in [3.63, 3.8) is 0 Å². The van der Waals surface area contributed by atoms with E-state index in [2.05, 4.69) is 17.0 Å². The van der Waals surface area contributed by atoms with Crippen molar-refractivity contribution < 1.29 is 19.0 Å². The number of ether oxygens (including phenoxy) is 3. The second kappa shape index (κ2) is 5.66. The van der Waals surface area contributed by atoms with E-state index in [1.54, 1.807) is 7.11 Å². The van der Waals surface area contributed by atoms with Gasteiger partial charge in [-0.2, -0.15) is 0 Å². The Morgan fingerprint density at radius 3 is 2.52 bits per heavy atom.